The van der Waals surface area contributed by atoms with Gasteiger partial charge < -0.3 is 4.74 Å². The summed E-state index contributed by atoms with van der Waals surface area (Å²) in [5.41, 5.74) is 3.60. The van der Waals surface area contributed by atoms with Crippen LogP contribution in [0.3, 0.4) is 0 Å². The number of nitrogens with zero attached hydrogens (tertiary/aromatic N) is 7. The van der Waals surface area contributed by atoms with Crippen LogP contribution < -0.4 is 5.56 Å². The molecule has 1 saturated heterocycles. The van der Waals surface area contributed by atoms with Gasteiger partial charge in [-0.3, -0.25) is 14.4 Å². The zero-order chi connectivity index (χ0) is 28.2. The van der Waals surface area contributed by atoms with Crippen molar-refractivity contribution in [1.82, 2.24) is 34.4 Å². The van der Waals surface area contributed by atoms with E-state index in [1.807, 2.05) is 41.3 Å². The number of hydrogen-bond donors (Lipinski definition) is 0. The van der Waals surface area contributed by atoms with E-state index < -0.39 is 11.6 Å². The Balaban J connectivity index is 1.15. The standard InChI is InChI=1S/C30H27F2N7O2/c31-26-13-23(14-27(32)15-26)28-4-5-29(40)39(36-28)19-21-2-1-3-22(12-21)30-33-16-24(17-34-30)25-18-35-38(20-25)7-6-37-8-10-41-11-9-37/h1-5,12-18,20H,6-11,19H2. The maximum Gasteiger partial charge on any atom is 0.267 e. The van der Waals surface area contributed by atoms with E-state index in [9.17, 15) is 13.6 Å². The van der Waals surface area contributed by atoms with Crippen molar-refractivity contribution >= 4 is 0 Å². The number of aromatic nitrogens is 6. The summed E-state index contributed by atoms with van der Waals surface area (Å²) >= 11 is 0. The van der Waals surface area contributed by atoms with Gasteiger partial charge in [0.1, 0.15) is 11.6 Å². The van der Waals surface area contributed by atoms with Gasteiger partial charge in [-0.25, -0.2) is 23.4 Å². The third-order valence-electron chi connectivity index (χ3n) is 6.91. The van der Waals surface area contributed by atoms with Crippen molar-refractivity contribution in [1.29, 1.82) is 0 Å². The SMILES string of the molecule is O=c1ccc(-c2cc(F)cc(F)c2)nn1Cc1cccc(-c2ncc(-c3cnn(CCN4CCOCC4)c3)cn2)c1. The fourth-order valence-electron chi connectivity index (χ4n) is 4.73. The molecule has 0 N–H and O–H groups in total. The highest BCUT2D eigenvalue weighted by molar-refractivity contribution is 5.63. The van der Waals surface area contributed by atoms with Crippen LogP contribution in [0.4, 0.5) is 8.78 Å². The van der Waals surface area contributed by atoms with E-state index in [0.29, 0.717) is 11.5 Å². The molecule has 0 radical (unpaired) electrons. The summed E-state index contributed by atoms with van der Waals surface area (Å²) in [5, 5.41) is 8.82. The van der Waals surface area contributed by atoms with Gasteiger partial charge in [0.25, 0.3) is 5.56 Å². The molecule has 0 spiro atoms. The molecular weight excluding hydrogens is 528 g/mol. The highest BCUT2D eigenvalue weighted by Gasteiger charge is 2.12. The van der Waals surface area contributed by atoms with E-state index in [-0.39, 0.29) is 17.7 Å². The van der Waals surface area contributed by atoms with Gasteiger partial charge in [-0.2, -0.15) is 10.2 Å². The topological polar surface area (TPSA) is 91.0 Å². The second-order valence-electron chi connectivity index (χ2n) is 9.81. The Kier molecular flexibility index (Phi) is 7.70. The molecule has 1 aliphatic rings. The number of hydrogen-bond acceptors (Lipinski definition) is 7. The first kappa shape index (κ1) is 26.6. The summed E-state index contributed by atoms with van der Waals surface area (Å²) in [6.07, 6.45) is 7.35. The fraction of sp³-hybridized carbons (Fsp3) is 0.233. The van der Waals surface area contributed by atoms with Crippen molar-refractivity contribution in [3.63, 3.8) is 0 Å². The maximum absolute atomic E-state index is 13.7. The molecule has 9 nitrogen and oxygen atoms in total. The molecule has 1 fully saturated rings. The fourth-order valence-corrected chi connectivity index (χ4v) is 4.73. The molecule has 0 atom stereocenters. The molecule has 0 aliphatic carbocycles. The van der Waals surface area contributed by atoms with Crippen LogP contribution in [0.5, 0.6) is 0 Å². The maximum atomic E-state index is 13.7. The third-order valence-corrected chi connectivity index (χ3v) is 6.91. The number of ether oxygens (including phenoxy) is 1. The second-order valence-corrected chi connectivity index (χ2v) is 9.81. The monoisotopic (exact) mass is 555 g/mol. The lowest BCUT2D eigenvalue weighted by molar-refractivity contribution is 0.0360. The van der Waals surface area contributed by atoms with Crippen molar-refractivity contribution in [2.45, 2.75) is 13.1 Å². The van der Waals surface area contributed by atoms with Gasteiger partial charge in [0.2, 0.25) is 0 Å². The smallest absolute Gasteiger partial charge is 0.267 e. The lowest BCUT2D eigenvalue weighted by Crippen LogP contribution is -2.38. The van der Waals surface area contributed by atoms with Crippen molar-refractivity contribution in [2.24, 2.45) is 0 Å². The molecule has 1 aliphatic heterocycles. The highest BCUT2D eigenvalue weighted by Crippen LogP contribution is 2.22. The Hall–Kier alpha value is -4.61. The zero-order valence-electron chi connectivity index (χ0n) is 22.2. The van der Waals surface area contributed by atoms with Gasteiger partial charge in [0.05, 0.1) is 38.2 Å². The largest absolute Gasteiger partial charge is 0.379 e. The predicted molar refractivity (Wildman–Crippen MR) is 149 cm³/mol. The van der Waals surface area contributed by atoms with Crippen LogP contribution in [0, 0.1) is 11.6 Å². The minimum absolute atomic E-state index is 0.167. The Morgan fingerprint density at radius 2 is 1.59 bits per heavy atom. The van der Waals surface area contributed by atoms with Gasteiger partial charge >= 0.3 is 0 Å². The van der Waals surface area contributed by atoms with Crippen molar-refractivity contribution in [3.8, 4) is 33.8 Å². The molecule has 41 heavy (non-hydrogen) atoms. The molecule has 2 aromatic carbocycles. The van der Waals surface area contributed by atoms with Gasteiger partial charge in [-0.15, -0.1) is 0 Å². The first-order valence-corrected chi connectivity index (χ1v) is 13.3. The van der Waals surface area contributed by atoms with E-state index in [2.05, 4.69) is 25.1 Å². The van der Waals surface area contributed by atoms with E-state index in [0.717, 1.165) is 67.7 Å². The van der Waals surface area contributed by atoms with Crippen LogP contribution in [0.1, 0.15) is 5.56 Å². The van der Waals surface area contributed by atoms with E-state index in [1.54, 1.807) is 12.4 Å². The summed E-state index contributed by atoms with van der Waals surface area (Å²) < 4.78 is 36.0. The first-order valence-electron chi connectivity index (χ1n) is 13.3. The Morgan fingerprint density at radius 3 is 2.37 bits per heavy atom. The van der Waals surface area contributed by atoms with Crippen LogP contribution in [-0.4, -0.2) is 67.3 Å². The molecule has 6 rings (SSSR count). The van der Waals surface area contributed by atoms with Crippen LogP contribution in [0.25, 0.3) is 33.8 Å². The average Bonchev–Trinajstić information content (AvgIpc) is 3.47. The first-order chi connectivity index (χ1) is 20.0. The van der Waals surface area contributed by atoms with Crippen LogP contribution in [-0.2, 0) is 17.8 Å². The minimum Gasteiger partial charge on any atom is -0.379 e. The normalized spacial score (nSPS) is 13.9. The lowest BCUT2D eigenvalue weighted by Gasteiger charge is -2.26. The van der Waals surface area contributed by atoms with Crippen molar-refractivity contribution in [2.75, 3.05) is 32.8 Å². The molecule has 3 aromatic heterocycles. The second kappa shape index (κ2) is 11.9. The Morgan fingerprint density at radius 1 is 0.805 bits per heavy atom. The van der Waals surface area contributed by atoms with Gasteiger partial charge in [-0.05, 0) is 29.8 Å². The molecule has 208 valence electrons. The van der Waals surface area contributed by atoms with Crippen molar-refractivity contribution < 1.29 is 13.5 Å². The number of rotatable bonds is 8. The Labute approximate surface area is 234 Å². The van der Waals surface area contributed by atoms with E-state index in [4.69, 9.17) is 4.74 Å². The van der Waals surface area contributed by atoms with Gasteiger partial charge in [-0.1, -0.05) is 18.2 Å². The third kappa shape index (κ3) is 6.42. The summed E-state index contributed by atoms with van der Waals surface area (Å²) in [6, 6.07) is 13.4. The van der Waals surface area contributed by atoms with Gasteiger partial charge in [0.15, 0.2) is 5.82 Å². The summed E-state index contributed by atoms with van der Waals surface area (Å²) in [4.78, 5) is 24.0. The number of benzene rings is 2. The lowest BCUT2D eigenvalue weighted by atomic mass is 10.1. The van der Waals surface area contributed by atoms with Crippen molar-refractivity contribution in [3.05, 3.63) is 107 Å². The quantitative estimate of drug-likeness (QED) is 0.287. The van der Waals surface area contributed by atoms with Gasteiger partial charge in [0, 0.05) is 72.6 Å². The molecule has 0 saturated carbocycles. The Bertz CT molecular complexity index is 1690. The number of morpholine rings is 1. The van der Waals surface area contributed by atoms with Crippen LogP contribution in [0.15, 0.2) is 84.2 Å². The predicted octanol–water partition coefficient (Wildman–Crippen LogP) is 3.89. The van der Waals surface area contributed by atoms with Crippen LogP contribution in [0.2, 0.25) is 0 Å². The molecule has 5 aromatic rings. The molecule has 0 bridgehead atoms. The van der Waals surface area contributed by atoms with Crippen LogP contribution >= 0.6 is 0 Å². The molecule has 11 heteroatoms. The summed E-state index contributed by atoms with van der Waals surface area (Å²) in [5.74, 6) is -0.883. The number of halogens is 2. The molecule has 4 heterocycles. The summed E-state index contributed by atoms with van der Waals surface area (Å²) in [7, 11) is 0. The molecule has 0 unspecified atom stereocenters. The molecule has 0 amide bonds. The molecular formula is C30H27F2N7O2. The average molecular weight is 556 g/mol. The minimum atomic E-state index is -0.712. The van der Waals surface area contributed by atoms with E-state index in [1.165, 1.54) is 28.9 Å². The summed E-state index contributed by atoms with van der Waals surface area (Å²) in [6.45, 7) is 5.33. The zero-order valence-corrected chi connectivity index (χ0v) is 22.2. The van der Waals surface area contributed by atoms with E-state index >= 15 is 0 Å². The highest BCUT2D eigenvalue weighted by atomic mass is 19.1.